The minimum atomic E-state index is -1.63. The van der Waals surface area contributed by atoms with Crippen LogP contribution in [0.5, 0.6) is 0 Å². The van der Waals surface area contributed by atoms with Crippen LogP contribution in [-0.4, -0.2) is 99.6 Å². The fourth-order valence-electron chi connectivity index (χ4n) is 9.30. The monoisotopic (exact) mass is 1110 g/mol. The van der Waals surface area contributed by atoms with Crippen molar-refractivity contribution < 1.29 is 49.3 Å². The van der Waals surface area contributed by atoms with Crippen molar-refractivity contribution in [3.05, 3.63) is 109 Å². The van der Waals surface area contributed by atoms with Gasteiger partial charge in [0.25, 0.3) is 0 Å². The van der Waals surface area contributed by atoms with Crippen LogP contribution in [0.1, 0.15) is 245 Å². The number of aliphatic hydroxyl groups is 5. The van der Waals surface area contributed by atoms with Crippen LogP contribution < -0.4 is 5.32 Å². The highest BCUT2D eigenvalue weighted by molar-refractivity contribution is 5.80. The largest absolute Gasteiger partial charge is 0.454 e. The Morgan fingerprint density at radius 3 is 1.49 bits per heavy atom. The topological polar surface area (TPSA) is 175 Å². The maximum atomic E-state index is 13.4. The molecule has 79 heavy (non-hydrogen) atoms. The molecule has 452 valence electrons. The van der Waals surface area contributed by atoms with Crippen molar-refractivity contribution in [1.29, 1.82) is 0 Å². The van der Waals surface area contributed by atoms with Crippen LogP contribution in [0.15, 0.2) is 109 Å². The molecule has 1 amide bonds. The highest BCUT2D eigenvalue weighted by atomic mass is 16.7. The molecule has 1 aliphatic rings. The van der Waals surface area contributed by atoms with E-state index in [1.54, 1.807) is 6.08 Å². The van der Waals surface area contributed by atoms with Crippen molar-refractivity contribution in [2.45, 2.75) is 294 Å². The van der Waals surface area contributed by atoms with Crippen molar-refractivity contribution in [2.75, 3.05) is 13.2 Å². The van der Waals surface area contributed by atoms with E-state index in [-0.39, 0.29) is 19.4 Å². The van der Waals surface area contributed by atoms with Gasteiger partial charge in [-0.3, -0.25) is 9.59 Å². The lowest BCUT2D eigenvalue weighted by atomic mass is 9.99. The zero-order valence-corrected chi connectivity index (χ0v) is 50.0. The first kappa shape index (κ1) is 73.3. The van der Waals surface area contributed by atoms with Crippen LogP contribution in [0.3, 0.4) is 0 Å². The van der Waals surface area contributed by atoms with Gasteiger partial charge in [0, 0.05) is 6.42 Å². The van der Waals surface area contributed by atoms with Gasteiger partial charge in [0.2, 0.25) is 5.91 Å². The molecule has 0 aliphatic carbocycles. The standard InChI is InChI=1S/C68H115NO10/c1-4-7-10-13-16-19-22-24-26-28-29-30-31-32-33-34-36-38-41-44-47-50-53-56-63(73)79-66-65(75)64(74)62(57-70)78-68(66)77-58-59(60(71)54-51-48-45-42-39-21-18-15-12-9-6-3)69-67(76)61(72)55-52-49-46-43-40-37-35-27-25-23-20-17-14-11-8-5-2/h8,11,14,16-17,19-20,23-27,35,37,40,43,51,54,59-62,64-66,68,70-72,74-75H,4-7,9-10,12-13,15,18,21-22,28-34,36,38-39,41-42,44-50,52-53,55-58H2,1-3H3,(H,69,76)/b11-8-,17-14+,19-16-,23-20+,26-24-,27-25-,37-35+,43-40+,54-51+. The second kappa shape index (κ2) is 54.9. The molecular formula is C68H115NO10. The highest BCUT2D eigenvalue weighted by Gasteiger charge is 2.47. The van der Waals surface area contributed by atoms with Crippen LogP contribution in [0.25, 0.3) is 0 Å². The van der Waals surface area contributed by atoms with E-state index in [0.29, 0.717) is 12.8 Å². The molecule has 6 N–H and O–H groups in total. The summed E-state index contributed by atoms with van der Waals surface area (Å²) in [6.07, 6.45) is 64.2. The van der Waals surface area contributed by atoms with Gasteiger partial charge in [-0.1, -0.05) is 271 Å². The van der Waals surface area contributed by atoms with Crippen LogP contribution in [0, 0.1) is 0 Å². The molecule has 0 aromatic rings. The molecule has 8 atom stereocenters. The van der Waals surface area contributed by atoms with Gasteiger partial charge in [0.05, 0.1) is 25.4 Å². The Bertz CT molecular complexity index is 1700. The average molecular weight is 1110 g/mol. The summed E-state index contributed by atoms with van der Waals surface area (Å²) in [5.41, 5.74) is 0. The van der Waals surface area contributed by atoms with E-state index in [0.717, 1.165) is 70.6 Å². The first-order chi connectivity index (χ1) is 38.7. The zero-order valence-electron chi connectivity index (χ0n) is 50.0. The molecule has 0 aromatic carbocycles. The summed E-state index contributed by atoms with van der Waals surface area (Å²) < 4.78 is 17.6. The lowest BCUT2D eigenvalue weighted by Gasteiger charge is -2.41. The molecule has 11 nitrogen and oxygen atoms in total. The number of carbonyl (C=O) groups excluding carboxylic acids is 2. The Kier molecular flexibility index (Phi) is 50.9. The quantitative estimate of drug-likeness (QED) is 0.0149. The summed E-state index contributed by atoms with van der Waals surface area (Å²) in [5.74, 6) is -1.25. The SMILES string of the molecule is CC\C=C/C=C/C=C/C=C\C=C\C=C\CCCCC(O)C(=O)NC(COC1OC(CO)C(O)C(O)C1OC(=O)CCCCCCCCCCCCCCC/C=C\C/C=C\CCCCC)C(O)/C=C/CCCCCCCCCCC. The third-order valence-electron chi connectivity index (χ3n) is 14.3. The van der Waals surface area contributed by atoms with E-state index < -0.39 is 67.4 Å². The van der Waals surface area contributed by atoms with E-state index in [4.69, 9.17) is 14.2 Å². The van der Waals surface area contributed by atoms with Crippen LogP contribution in [-0.2, 0) is 23.8 Å². The first-order valence-electron chi connectivity index (χ1n) is 31.7. The number of hydrogen-bond donors (Lipinski definition) is 6. The average Bonchev–Trinajstić information content (AvgIpc) is 3.45. The van der Waals surface area contributed by atoms with Gasteiger partial charge in [-0.05, 0) is 77.0 Å². The first-order valence-corrected chi connectivity index (χ1v) is 31.7. The number of esters is 1. The number of hydrogen-bond acceptors (Lipinski definition) is 10. The molecule has 1 heterocycles. The molecule has 1 fully saturated rings. The Morgan fingerprint density at radius 2 is 0.962 bits per heavy atom. The van der Waals surface area contributed by atoms with E-state index in [1.807, 2.05) is 72.9 Å². The van der Waals surface area contributed by atoms with Gasteiger partial charge in [-0.15, -0.1) is 0 Å². The summed E-state index contributed by atoms with van der Waals surface area (Å²) in [7, 11) is 0. The minimum absolute atomic E-state index is 0.112. The summed E-state index contributed by atoms with van der Waals surface area (Å²) in [4.78, 5) is 26.5. The number of aliphatic hydroxyl groups excluding tert-OH is 5. The maximum Gasteiger partial charge on any atom is 0.306 e. The number of unbranched alkanes of at least 4 members (excludes halogenated alkanes) is 27. The Balaban J connectivity index is 2.65. The molecule has 11 heteroatoms. The van der Waals surface area contributed by atoms with E-state index >= 15 is 0 Å². The van der Waals surface area contributed by atoms with Gasteiger partial charge in [0.15, 0.2) is 12.4 Å². The summed E-state index contributed by atoms with van der Waals surface area (Å²) >= 11 is 0. The van der Waals surface area contributed by atoms with Gasteiger partial charge in [-0.2, -0.15) is 0 Å². The lowest BCUT2D eigenvalue weighted by molar-refractivity contribution is -0.305. The highest BCUT2D eigenvalue weighted by Crippen LogP contribution is 2.26. The van der Waals surface area contributed by atoms with Crippen molar-refractivity contribution >= 4 is 11.9 Å². The number of allylic oxidation sites excluding steroid dienone is 17. The van der Waals surface area contributed by atoms with E-state index in [2.05, 4.69) is 56.5 Å². The Hall–Kier alpha value is -3.68. The van der Waals surface area contributed by atoms with Gasteiger partial charge >= 0.3 is 5.97 Å². The van der Waals surface area contributed by atoms with Crippen LogP contribution in [0.4, 0.5) is 0 Å². The van der Waals surface area contributed by atoms with Crippen molar-refractivity contribution in [3.8, 4) is 0 Å². The lowest BCUT2D eigenvalue weighted by Crippen LogP contribution is -2.61. The molecule has 1 saturated heterocycles. The Labute approximate surface area is 481 Å². The molecule has 0 spiro atoms. The fraction of sp³-hybridized carbons (Fsp3) is 0.706. The van der Waals surface area contributed by atoms with Gasteiger partial charge in [-0.25, -0.2) is 0 Å². The van der Waals surface area contributed by atoms with Crippen LogP contribution >= 0.6 is 0 Å². The van der Waals surface area contributed by atoms with Gasteiger partial charge in [0.1, 0.15) is 24.4 Å². The molecule has 0 aromatic heterocycles. The second-order valence-electron chi connectivity index (χ2n) is 21.6. The van der Waals surface area contributed by atoms with E-state index in [9.17, 15) is 35.1 Å². The second-order valence-corrected chi connectivity index (χ2v) is 21.6. The smallest absolute Gasteiger partial charge is 0.306 e. The van der Waals surface area contributed by atoms with Crippen molar-refractivity contribution in [2.24, 2.45) is 0 Å². The molecule has 0 saturated carbocycles. The maximum absolute atomic E-state index is 13.4. The number of nitrogens with one attached hydrogen (secondary N) is 1. The normalized spacial score (nSPS) is 19.6. The number of ether oxygens (including phenoxy) is 3. The number of amides is 1. The number of carbonyl (C=O) groups is 2. The minimum Gasteiger partial charge on any atom is -0.454 e. The Morgan fingerprint density at radius 1 is 0.519 bits per heavy atom. The van der Waals surface area contributed by atoms with E-state index in [1.165, 1.54) is 128 Å². The molecule has 0 bridgehead atoms. The van der Waals surface area contributed by atoms with Gasteiger partial charge < -0.3 is 45.1 Å². The molecule has 8 unspecified atom stereocenters. The predicted octanol–water partition coefficient (Wildman–Crippen LogP) is 15.3. The molecular weight excluding hydrogens is 991 g/mol. The summed E-state index contributed by atoms with van der Waals surface area (Å²) in [6, 6.07) is -1.05. The molecule has 0 radical (unpaired) electrons. The summed E-state index contributed by atoms with van der Waals surface area (Å²) in [6.45, 7) is 5.58. The molecule has 1 rings (SSSR count). The molecule has 1 aliphatic heterocycles. The predicted molar refractivity (Wildman–Crippen MR) is 328 cm³/mol. The number of rotatable bonds is 52. The third-order valence-corrected chi connectivity index (χ3v) is 14.3. The summed E-state index contributed by atoms with van der Waals surface area (Å²) in [5, 5.41) is 56.9. The zero-order chi connectivity index (χ0) is 57.5. The van der Waals surface area contributed by atoms with Crippen LogP contribution in [0.2, 0.25) is 0 Å². The van der Waals surface area contributed by atoms with Crippen molar-refractivity contribution in [3.63, 3.8) is 0 Å². The fourth-order valence-corrected chi connectivity index (χ4v) is 9.30. The third kappa shape index (κ3) is 42.8. The van der Waals surface area contributed by atoms with Crippen molar-refractivity contribution in [1.82, 2.24) is 5.32 Å².